The topological polar surface area (TPSA) is 71.7 Å². The van der Waals surface area contributed by atoms with Crippen LogP contribution in [-0.4, -0.2) is 17.4 Å². The predicted octanol–water partition coefficient (Wildman–Crippen LogP) is 7.74. The molecule has 194 valence electrons. The number of anilines is 1. The van der Waals surface area contributed by atoms with Crippen LogP contribution >= 0.6 is 0 Å². The Morgan fingerprint density at radius 3 is 2.33 bits per heavy atom. The van der Waals surface area contributed by atoms with Gasteiger partial charge in [0, 0.05) is 29.1 Å². The molecule has 1 aromatic heterocycles. The molecule has 1 aliphatic heterocycles. The van der Waals surface area contributed by atoms with E-state index < -0.39 is 11.8 Å². The number of furan rings is 1. The molecule has 1 amide bonds. The maximum atomic E-state index is 13.8. The van der Waals surface area contributed by atoms with Crippen LogP contribution in [0.4, 0.5) is 5.69 Å². The van der Waals surface area contributed by atoms with Crippen LogP contribution in [0.15, 0.2) is 112 Å². The van der Waals surface area contributed by atoms with Crippen LogP contribution in [0.5, 0.6) is 0 Å². The van der Waals surface area contributed by atoms with Gasteiger partial charge in [-0.3, -0.25) is 14.6 Å². The van der Waals surface area contributed by atoms with E-state index in [2.05, 4.69) is 23.5 Å². The Bertz CT molecular complexity index is 1630. The Kier molecular flexibility index (Phi) is 6.57. The predicted molar refractivity (Wildman–Crippen MR) is 155 cm³/mol. The number of amides is 1. The second-order valence-corrected chi connectivity index (χ2v) is 10.3. The minimum Gasteiger partial charge on any atom is -0.460 e. The van der Waals surface area contributed by atoms with Crippen molar-refractivity contribution < 1.29 is 14.0 Å². The minimum atomic E-state index is -0.535. The molecule has 0 radical (unpaired) electrons. The molecule has 0 spiro atoms. The highest BCUT2D eigenvalue weighted by molar-refractivity contribution is 6.14. The number of allylic oxidation sites excluding steroid dienone is 1. The van der Waals surface area contributed by atoms with E-state index >= 15 is 0 Å². The Morgan fingerprint density at radius 1 is 0.821 bits per heavy atom. The lowest BCUT2D eigenvalue weighted by Crippen LogP contribution is -2.39. The van der Waals surface area contributed by atoms with Gasteiger partial charge >= 0.3 is 0 Å². The maximum Gasteiger partial charge on any atom is 0.254 e. The molecule has 2 unspecified atom stereocenters. The fourth-order valence-corrected chi connectivity index (χ4v) is 5.86. The first-order valence-electron chi connectivity index (χ1n) is 13.4. The highest BCUT2D eigenvalue weighted by Gasteiger charge is 2.44. The molecule has 1 aliphatic carbocycles. The summed E-state index contributed by atoms with van der Waals surface area (Å²) in [5.74, 6) is 0.134. The summed E-state index contributed by atoms with van der Waals surface area (Å²) in [5.41, 5.74) is 6.78. The Balaban J connectivity index is 1.43. The molecular weight excluding hydrogens is 484 g/mol. The molecule has 2 atom stereocenters. The van der Waals surface area contributed by atoms with Crippen LogP contribution < -0.4 is 5.32 Å². The number of carbonyl (C=O) groups excluding carboxylic acids is 2. The van der Waals surface area contributed by atoms with Crippen molar-refractivity contribution >= 4 is 23.1 Å². The van der Waals surface area contributed by atoms with Crippen LogP contribution in [-0.2, 0) is 9.59 Å². The quantitative estimate of drug-likeness (QED) is 0.296. The summed E-state index contributed by atoms with van der Waals surface area (Å²) < 4.78 is 6.55. The summed E-state index contributed by atoms with van der Waals surface area (Å²) in [4.78, 5) is 31.9. The zero-order chi connectivity index (χ0) is 26.9. The number of fused-ring (bicyclic) bond motifs is 1. The van der Waals surface area contributed by atoms with E-state index in [0.717, 1.165) is 46.5 Å². The zero-order valence-electron chi connectivity index (χ0n) is 22.1. The fourth-order valence-electron chi connectivity index (χ4n) is 5.86. The van der Waals surface area contributed by atoms with Crippen molar-refractivity contribution in [2.75, 3.05) is 5.32 Å². The lowest BCUT2D eigenvalue weighted by molar-refractivity contribution is -0.122. The Morgan fingerprint density at radius 2 is 1.54 bits per heavy atom. The molecule has 5 heteroatoms. The van der Waals surface area contributed by atoms with E-state index in [1.807, 2.05) is 86.6 Å². The normalized spacial score (nSPS) is 18.9. The van der Waals surface area contributed by atoms with Crippen LogP contribution in [0, 0.1) is 12.8 Å². The molecular formula is C34H30N2O3. The van der Waals surface area contributed by atoms with Crippen molar-refractivity contribution in [3.05, 3.63) is 114 Å². The number of Topliss-reactive ketones (excluding diaryl/α,β-unsaturated/α-hetero) is 1. The summed E-state index contributed by atoms with van der Waals surface area (Å²) in [6.07, 6.45) is 2.02. The highest BCUT2D eigenvalue weighted by atomic mass is 16.3. The Hall–Kier alpha value is -4.51. The van der Waals surface area contributed by atoms with Crippen molar-refractivity contribution in [2.24, 2.45) is 10.9 Å². The molecule has 5 nitrogen and oxygen atoms in total. The smallest absolute Gasteiger partial charge is 0.254 e. The molecule has 0 saturated heterocycles. The van der Waals surface area contributed by atoms with Gasteiger partial charge < -0.3 is 9.73 Å². The lowest BCUT2D eigenvalue weighted by atomic mass is 9.71. The third-order valence-electron chi connectivity index (χ3n) is 7.76. The molecule has 1 saturated carbocycles. The van der Waals surface area contributed by atoms with Crippen molar-refractivity contribution in [2.45, 2.75) is 39.0 Å². The number of aryl methyl sites for hydroxylation is 1. The number of nitrogens with zero attached hydrogens (tertiary/aromatic N) is 1. The number of nitrogens with one attached hydrogen (secondary N) is 1. The van der Waals surface area contributed by atoms with Crippen LogP contribution in [0.1, 0.15) is 43.4 Å². The van der Waals surface area contributed by atoms with Gasteiger partial charge in [0.15, 0.2) is 0 Å². The van der Waals surface area contributed by atoms with Gasteiger partial charge in [0.05, 0.1) is 17.4 Å². The first-order chi connectivity index (χ1) is 19.0. The number of carbonyl (C=O) groups is 2. The van der Waals surface area contributed by atoms with Crippen molar-refractivity contribution in [3.63, 3.8) is 0 Å². The number of para-hydroxylation sites is 1. The van der Waals surface area contributed by atoms with Crippen molar-refractivity contribution in [1.29, 1.82) is 0 Å². The minimum absolute atomic E-state index is 0.112. The summed E-state index contributed by atoms with van der Waals surface area (Å²) in [6.45, 7) is 3.82. The molecule has 0 bridgehead atoms. The standard InChI is InChI=1S/C34H30N2O3/c1-21-11-6-9-16-26(21)36-34(38)31-22(2)35-27-17-10-18-28(37)32(27)33(31)30-20-19-29(39-30)25-15-8-7-14-24(25)23-12-4-3-5-13-23/h3-9,11-16,19-20,32-33H,10,17-18H2,1-2H3,(H,36,38). The summed E-state index contributed by atoms with van der Waals surface area (Å²) in [7, 11) is 0. The van der Waals surface area contributed by atoms with Gasteiger partial charge in [0.25, 0.3) is 5.91 Å². The van der Waals surface area contributed by atoms with Gasteiger partial charge in [-0.15, -0.1) is 0 Å². The largest absolute Gasteiger partial charge is 0.460 e. The average molecular weight is 515 g/mol. The number of ketones is 1. The summed E-state index contributed by atoms with van der Waals surface area (Å²) in [5, 5.41) is 3.07. The van der Waals surface area contributed by atoms with Gasteiger partial charge in [-0.1, -0.05) is 72.8 Å². The van der Waals surface area contributed by atoms with E-state index in [4.69, 9.17) is 9.41 Å². The van der Waals surface area contributed by atoms with E-state index in [1.54, 1.807) is 0 Å². The first kappa shape index (κ1) is 24.8. The second kappa shape index (κ2) is 10.3. The first-order valence-corrected chi connectivity index (χ1v) is 13.4. The summed E-state index contributed by atoms with van der Waals surface area (Å²) >= 11 is 0. The average Bonchev–Trinajstić information content (AvgIpc) is 3.44. The van der Waals surface area contributed by atoms with Crippen molar-refractivity contribution in [3.8, 4) is 22.5 Å². The Labute approximate surface area is 228 Å². The van der Waals surface area contributed by atoms with Gasteiger partial charge in [-0.25, -0.2) is 0 Å². The zero-order valence-corrected chi connectivity index (χ0v) is 22.1. The third kappa shape index (κ3) is 4.65. The highest BCUT2D eigenvalue weighted by Crippen LogP contribution is 2.45. The van der Waals surface area contributed by atoms with Gasteiger partial charge in [0.1, 0.15) is 17.3 Å². The second-order valence-electron chi connectivity index (χ2n) is 10.3. The number of hydrogen-bond donors (Lipinski definition) is 1. The van der Waals surface area contributed by atoms with Crippen LogP contribution in [0.2, 0.25) is 0 Å². The lowest BCUT2D eigenvalue weighted by Gasteiger charge is -2.34. The van der Waals surface area contributed by atoms with Gasteiger partial charge in [-0.05, 0) is 61.6 Å². The fraction of sp³-hybridized carbons (Fsp3) is 0.206. The molecule has 6 rings (SSSR count). The molecule has 4 aromatic rings. The molecule has 2 heterocycles. The maximum absolute atomic E-state index is 13.8. The van der Waals surface area contributed by atoms with Crippen LogP contribution in [0.25, 0.3) is 22.5 Å². The molecule has 2 aliphatic rings. The monoisotopic (exact) mass is 514 g/mol. The molecule has 3 aromatic carbocycles. The van der Waals surface area contributed by atoms with Crippen molar-refractivity contribution in [1.82, 2.24) is 0 Å². The number of aliphatic imine (C=N–C) groups is 1. The van der Waals surface area contributed by atoms with E-state index in [9.17, 15) is 9.59 Å². The van der Waals surface area contributed by atoms with Gasteiger partial charge in [0.2, 0.25) is 0 Å². The number of rotatable bonds is 5. The van der Waals surface area contributed by atoms with E-state index in [0.29, 0.717) is 29.2 Å². The van der Waals surface area contributed by atoms with E-state index in [1.165, 1.54) is 0 Å². The third-order valence-corrected chi connectivity index (χ3v) is 7.76. The molecule has 39 heavy (non-hydrogen) atoms. The van der Waals surface area contributed by atoms with E-state index in [-0.39, 0.29) is 11.7 Å². The van der Waals surface area contributed by atoms with Crippen LogP contribution in [0.3, 0.4) is 0 Å². The summed E-state index contributed by atoms with van der Waals surface area (Å²) in [6, 6.07) is 29.8. The van der Waals surface area contributed by atoms with Gasteiger partial charge in [-0.2, -0.15) is 0 Å². The molecule has 1 fully saturated rings. The number of hydrogen-bond acceptors (Lipinski definition) is 4. The molecule has 1 N–H and O–H groups in total. The number of benzene rings is 3. The SMILES string of the molecule is CC1=C(C(=O)Nc2ccccc2C)C(c2ccc(-c3ccccc3-c3ccccc3)o2)C2C(=O)CCCC2=N1.